The number of carbonyl (C=O) groups excluding carboxylic acids is 1. The van der Waals surface area contributed by atoms with Crippen LogP contribution in [0.3, 0.4) is 0 Å². The second-order valence-electron chi connectivity index (χ2n) is 3.39. The Balaban J connectivity index is 2.11. The fraction of sp³-hybridized carbons (Fsp3) is 0.700. The summed E-state index contributed by atoms with van der Waals surface area (Å²) in [7, 11) is 0. The zero-order valence-electron chi connectivity index (χ0n) is 8.18. The van der Waals surface area contributed by atoms with Crippen molar-refractivity contribution in [3.8, 4) is 0 Å². The van der Waals surface area contributed by atoms with Crippen molar-refractivity contribution in [3.05, 3.63) is 12.2 Å². The first kappa shape index (κ1) is 10.1. The van der Waals surface area contributed by atoms with Gasteiger partial charge in [0.2, 0.25) is 0 Å². The van der Waals surface area contributed by atoms with E-state index in [4.69, 9.17) is 0 Å². The monoisotopic (exact) mass is 182 g/mol. The summed E-state index contributed by atoms with van der Waals surface area (Å²) in [6.45, 7) is 3.41. The van der Waals surface area contributed by atoms with Gasteiger partial charge in [-0.25, -0.2) is 4.79 Å². The molecule has 2 N–H and O–H groups in total. The van der Waals surface area contributed by atoms with E-state index in [0.717, 1.165) is 19.4 Å². The number of amides is 2. The Morgan fingerprint density at radius 1 is 1.46 bits per heavy atom. The highest BCUT2D eigenvalue weighted by Gasteiger charge is 2.10. The summed E-state index contributed by atoms with van der Waals surface area (Å²) >= 11 is 0. The highest BCUT2D eigenvalue weighted by atomic mass is 16.2. The maximum Gasteiger partial charge on any atom is 0.314 e. The van der Waals surface area contributed by atoms with Gasteiger partial charge in [-0.05, 0) is 32.1 Å². The lowest BCUT2D eigenvalue weighted by atomic mass is 9.94. The lowest BCUT2D eigenvalue weighted by Gasteiger charge is -2.17. The van der Waals surface area contributed by atoms with Crippen LogP contribution in [0.25, 0.3) is 0 Å². The quantitative estimate of drug-likeness (QED) is 0.640. The molecular weight excluding hydrogens is 164 g/mol. The molecule has 3 nitrogen and oxygen atoms in total. The third-order valence-corrected chi connectivity index (χ3v) is 2.27. The lowest BCUT2D eigenvalue weighted by Crippen LogP contribution is -2.38. The fourth-order valence-electron chi connectivity index (χ4n) is 1.50. The lowest BCUT2D eigenvalue weighted by molar-refractivity contribution is 0.239. The Labute approximate surface area is 79.6 Å². The first-order valence-corrected chi connectivity index (χ1v) is 4.99. The summed E-state index contributed by atoms with van der Waals surface area (Å²) in [5.74, 6) is 0.632. The number of rotatable bonds is 3. The van der Waals surface area contributed by atoms with Gasteiger partial charge >= 0.3 is 6.03 Å². The highest BCUT2D eigenvalue weighted by Crippen LogP contribution is 2.16. The predicted molar refractivity (Wildman–Crippen MR) is 53.6 cm³/mol. The molecule has 1 aliphatic rings. The molecule has 1 aliphatic carbocycles. The Kier molecular flexibility index (Phi) is 4.36. The second-order valence-corrected chi connectivity index (χ2v) is 3.39. The molecule has 0 aromatic rings. The molecule has 0 aliphatic heterocycles. The van der Waals surface area contributed by atoms with E-state index in [2.05, 4.69) is 22.8 Å². The van der Waals surface area contributed by atoms with E-state index < -0.39 is 0 Å². The summed E-state index contributed by atoms with van der Waals surface area (Å²) < 4.78 is 0. The van der Waals surface area contributed by atoms with E-state index in [0.29, 0.717) is 12.5 Å². The van der Waals surface area contributed by atoms with Crippen molar-refractivity contribution < 1.29 is 4.79 Å². The molecule has 1 unspecified atom stereocenters. The smallest absolute Gasteiger partial charge is 0.314 e. The van der Waals surface area contributed by atoms with Crippen molar-refractivity contribution in [1.29, 1.82) is 0 Å². The van der Waals surface area contributed by atoms with Gasteiger partial charge < -0.3 is 10.6 Å². The average Bonchev–Trinajstić information content (AvgIpc) is 2.17. The van der Waals surface area contributed by atoms with E-state index in [1.165, 1.54) is 6.42 Å². The first-order chi connectivity index (χ1) is 6.33. The van der Waals surface area contributed by atoms with Crippen LogP contribution in [0.15, 0.2) is 12.2 Å². The van der Waals surface area contributed by atoms with Gasteiger partial charge in [-0.1, -0.05) is 12.2 Å². The van der Waals surface area contributed by atoms with Crippen molar-refractivity contribution in [3.63, 3.8) is 0 Å². The maximum absolute atomic E-state index is 11.0. The largest absolute Gasteiger partial charge is 0.338 e. The first-order valence-electron chi connectivity index (χ1n) is 4.99. The van der Waals surface area contributed by atoms with Crippen molar-refractivity contribution in [2.24, 2.45) is 5.92 Å². The van der Waals surface area contributed by atoms with Crippen LogP contribution in [0, 0.1) is 5.92 Å². The zero-order chi connectivity index (χ0) is 9.52. The summed E-state index contributed by atoms with van der Waals surface area (Å²) in [5.41, 5.74) is 0. The predicted octanol–water partition coefficient (Wildman–Crippen LogP) is 1.66. The number of urea groups is 1. The maximum atomic E-state index is 11.0. The van der Waals surface area contributed by atoms with Gasteiger partial charge in [0.25, 0.3) is 0 Å². The minimum absolute atomic E-state index is 0.0444. The summed E-state index contributed by atoms with van der Waals surface area (Å²) in [4.78, 5) is 11.0. The van der Waals surface area contributed by atoms with Gasteiger partial charge in [-0.15, -0.1) is 0 Å². The van der Waals surface area contributed by atoms with Gasteiger partial charge in [-0.3, -0.25) is 0 Å². The third-order valence-electron chi connectivity index (χ3n) is 2.27. The van der Waals surface area contributed by atoms with Crippen LogP contribution >= 0.6 is 0 Å². The Morgan fingerprint density at radius 2 is 2.31 bits per heavy atom. The van der Waals surface area contributed by atoms with E-state index >= 15 is 0 Å². The third kappa shape index (κ3) is 3.97. The van der Waals surface area contributed by atoms with E-state index in [1.54, 1.807) is 0 Å². The summed E-state index contributed by atoms with van der Waals surface area (Å²) in [5, 5.41) is 5.59. The van der Waals surface area contributed by atoms with Gasteiger partial charge in [0.15, 0.2) is 0 Å². The van der Waals surface area contributed by atoms with Crippen LogP contribution in [-0.4, -0.2) is 19.1 Å². The van der Waals surface area contributed by atoms with Crippen LogP contribution in [0.1, 0.15) is 26.2 Å². The normalized spacial score (nSPS) is 21.2. The molecule has 0 saturated carbocycles. The molecule has 13 heavy (non-hydrogen) atoms. The number of nitrogens with one attached hydrogen (secondary N) is 2. The molecule has 0 heterocycles. The van der Waals surface area contributed by atoms with E-state index in [1.807, 2.05) is 6.92 Å². The van der Waals surface area contributed by atoms with Crippen LogP contribution in [0.5, 0.6) is 0 Å². The molecule has 3 heteroatoms. The van der Waals surface area contributed by atoms with Gasteiger partial charge in [0.1, 0.15) is 0 Å². The molecule has 0 aromatic carbocycles. The number of hydrogen-bond donors (Lipinski definition) is 2. The van der Waals surface area contributed by atoms with E-state index in [-0.39, 0.29) is 6.03 Å². The van der Waals surface area contributed by atoms with Crippen molar-refractivity contribution in [2.75, 3.05) is 13.1 Å². The molecule has 0 spiro atoms. The van der Waals surface area contributed by atoms with E-state index in [9.17, 15) is 4.79 Å². The summed E-state index contributed by atoms with van der Waals surface area (Å²) in [6, 6.07) is -0.0444. The molecule has 0 fully saturated rings. The Morgan fingerprint density at radius 3 is 2.92 bits per heavy atom. The Bertz CT molecular complexity index is 189. The van der Waals surface area contributed by atoms with Crippen LogP contribution in [0.2, 0.25) is 0 Å². The highest BCUT2D eigenvalue weighted by molar-refractivity contribution is 5.73. The van der Waals surface area contributed by atoms with Gasteiger partial charge in [0, 0.05) is 13.1 Å². The van der Waals surface area contributed by atoms with Crippen LogP contribution in [-0.2, 0) is 0 Å². The topological polar surface area (TPSA) is 41.1 Å². The molecule has 0 saturated heterocycles. The van der Waals surface area contributed by atoms with Crippen molar-refractivity contribution in [2.45, 2.75) is 26.2 Å². The van der Waals surface area contributed by atoms with Crippen molar-refractivity contribution in [1.82, 2.24) is 10.6 Å². The molecule has 0 aromatic heterocycles. The van der Waals surface area contributed by atoms with Gasteiger partial charge in [0.05, 0.1) is 0 Å². The second kappa shape index (κ2) is 5.62. The molecule has 1 atom stereocenters. The molecular formula is C10H18N2O. The Hall–Kier alpha value is -0.990. The standard InChI is InChI=1S/C10H18N2O/c1-2-11-10(13)12-8-9-6-4-3-5-7-9/h3-4,9H,2,5-8H2,1H3,(H2,11,12,13). The minimum atomic E-state index is -0.0444. The molecule has 0 radical (unpaired) electrons. The summed E-state index contributed by atoms with van der Waals surface area (Å²) in [6.07, 6.45) is 7.87. The van der Waals surface area contributed by atoms with Gasteiger partial charge in [-0.2, -0.15) is 0 Å². The molecule has 0 bridgehead atoms. The fourth-order valence-corrected chi connectivity index (χ4v) is 1.50. The molecule has 74 valence electrons. The van der Waals surface area contributed by atoms with Crippen LogP contribution < -0.4 is 10.6 Å². The van der Waals surface area contributed by atoms with Crippen LogP contribution in [0.4, 0.5) is 4.79 Å². The molecule has 1 rings (SSSR count). The zero-order valence-corrected chi connectivity index (χ0v) is 8.18. The number of hydrogen-bond acceptors (Lipinski definition) is 1. The number of allylic oxidation sites excluding steroid dienone is 2. The average molecular weight is 182 g/mol. The van der Waals surface area contributed by atoms with Crippen molar-refractivity contribution >= 4 is 6.03 Å². The number of carbonyl (C=O) groups is 1. The minimum Gasteiger partial charge on any atom is -0.338 e. The molecule has 2 amide bonds. The SMILES string of the molecule is CCNC(=O)NCC1CC=CCC1.